The minimum absolute atomic E-state index is 0. The molecule has 2 atom stereocenters. The van der Waals surface area contributed by atoms with E-state index in [4.69, 9.17) is 68.0 Å². The third-order valence-electron chi connectivity index (χ3n) is 1.91. The van der Waals surface area contributed by atoms with Gasteiger partial charge in [0.15, 0.2) is 0 Å². The SMILES string of the molecule is CC(C)[NH-].O.O.[CH2-]C(C)C.[CH2-][C@@H]1CCCC[C@H]1[NH-].[Cl][Pt+2]([Cl])([Cl])[Cl].[Cl][Pt+2][Cl]. The molecule has 0 spiro atoms. The molecule has 0 bridgehead atoms. The van der Waals surface area contributed by atoms with Crippen LogP contribution in [0.2, 0.25) is 0 Å². The summed E-state index contributed by atoms with van der Waals surface area (Å²) >= 11 is -3.53. The van der Waals surface area contributed by atoms with Crippen molar-refractivity contribution in [1.29, 1.82) is 0 Å². The van der Waals surface area contributed by atoms with E-state index in [0.717, 1.165) is 6.42 Å². The van der Waals surface area contributed by atoms with E-state index in [2.05, 4.69) is 27.7 Å². The van der Waals surface area contributed by atoms with Gasteiger partial charge < -0.3 is 36.3 Å². The molecule has 0 aromatic heterocycles. The van der Waals surface area contributed by atoms with Crippen molar-refractivity contribution in [2.24, 2.45) is 11.8 Å². The van der Waals surface area contributed by atoms with Gasteiger partial charge in [-0.25, -0.2) is 0 Å². The van der Waals surface area contributed by atoms with E-state index in [1.54, 1.807) is 0 Å². The van der Waals surface area contributed by atoms with Gasteiger partial charge in [-0.15, -0.1) is 6.04 Å². The molecule has 0 saturated heterocycles. The van der Waals surface area contributed by atoms with Crippen LogP contribution < -0.4 is 0 Å². The summed E-state index contributed by atoms with van der Waals surface area (Å²) in [6.45, 7) is 15.3. The van der Waals surface area contributed by atoms with E-state index >= 15 is 0 Å². The minimum atomic E-state index is -3.06. The van der Waals surface area contributed by atoms with Crippen LogP contribution in [0.3, 0.4) is 0 Å². The molecular weight excluding hydrogens is 831 g/mol. The molecule has 0 unspecified atom stereocenters. The van der Waals surface area contributed by atoms with Gasteiger partial charge in [-0.05, 0) is 0 Å². The number of nitrogens with one attached hydrogen (secondary N) is 2. The molecule has 0 radical (unpaired) electrons. The Kier molecular flexibility index (Phi) is 49.8. The summed E-state index contributed by atoms with van der Waals surface area (Å²) in [4.78, 5) is 0. The molecule has 4 nitrogen and oxygen atoms in total. The van der Waals surface area contributed by atoms with Crippen molar-refractivity contribution >= 4 is 56.5 Å². The van der Waals surface area contributed by atoms with Crippen LogP contribution in [0.25, 0.3) is 11.5 Å². The maximum atomic E-state index is 7.42. The van der Waals surface area contributed by atoms with Crippen LogP contribution in [-0.2, 0) is 28.4 Å². The molecule has 26 heavy (non-hydrogen) atoms. The summed E-state index contributed by atoms with van der Waals surface area (Å²) in [5.74, 6) is 1.00. The molecule has 0 aromatic carbocycles. The molecule has 0 amide bonds. The van der Waals surface area contributed by atoms with Crippen molar-refractivity contribution in [3.63, 3.8) is 0 Å². The molecular formula is C14H34Cl6N2O2Pt2. The maximum absolute atomic E-state index is 7.42. The Balaban J connectivity index is -0.0000000497. The number of hydrogen-bond donors (Lipinski definition) is 0. The summed E-state index contributed by atoms with van der Waals surface area (Å²) in [6, 6.07) is 0.226. The Morgan fingerprint density at radius 3 is 1.27 bits per heavy atom. The molecule has 174 valence electrons. The van der Waals surface area contributed by atoms with Gasteiger partial charge in [0.05, 0.1) is 0 Å². The van der Waals surface area contributed by atoms with Gasteiger partial charge >= 0.3 is 84.9 Å². The zero-order valence-electron chi connectivity index (χ0n) is 15.5. The summed E-state index contributed by atoms with van der Waals surface area (Å²) in [6.07, 6.45) is 4.80. The van der Waals surface area contributed by atoms with Crippen molar-refractivity contribution in [2.75, 3.05) is 0 Å². The topological polar surface area (TPSA) is 111 Å². The molecule has 0 aliphatic heterocycles. The van der Waals surface area contributed by atoms with Crippen LogP contribution in [0, 0.1) is 25.7 Å². The number of halogens is 6. The van der Waals surface area contributed by atoms with E-state index in [9.17, 15) is 0 Å². The van der Waals surface area contributed by atoms with Gasteiger partial charge in [-0.1, -0.05) is 53.4 Å². The fourth-order valence-electron chi connectivity index (χ4n) is 1.21. The van der Waals surface area contributed by atoms with Crippen molar-refractivity contribution in [3.8, 4) is 0 Å². The second-order valence-electron chi connectivity index (χ2n) is 5.52. The van der Waals surface area contributed by atoms with Crippen molar-refractivity contribution in [3.05, 3.63) is 25.3 Å². The van der Waals surface area contributed by atoms with Gasteiger partial charge in [0, 0.05) is 0 Å². The van der Waals surface area contributed by atoms with Crippen LogP contribution in [0.15, 0.2) is 0 Å². The molecule has 1 saturated carbocycles. The van der Waals surface area contributed by atoms with E-state index < -0.39 is 28.4 Å². The Morgan fingerprint density at radius 2 is 1.15 bits per heavy atom. The monoisotopic (exact) mass is 862 g/mol. The first-order chi connectivity index (χ1) is 10.7. The Hall–Kier alpha value is 2.96. The third kappa shape index (κ3) is 93.2. The van der Waals surface area contributed by atoms with Crippen LogP contribution in [0.5, 0.6) is 0 Å². The normalized spacial score (nSPS) is 18.8. The summed E-state index contributed by atoms with van der Waals surface area (Å²) < 4.78 is 0. The Bertz CT molecular complexity index is 214. The van der Waals surface area contributed by atoms with E-state index in [1.807, 2.05) is 13.8 Å². The summed E-state index contributed by atoms with van der Waals surface area (Å²) in [5, 5.41) is 0. The van der Waals surface area contributed by atoms with Crippen molar-refractivity contribution < 1.29 is 39.3 Å². The molecule has 1 fully saturated rings. The number of rotatable bonds is 0. The first-order valence-corrected chi connectivity index (χ1v) is 24.0. The molecule has 6 N–H and O–H groups in total. The van der Waals surface area contributed by atoms with E-state index in [0.29, 0.717) is 11.8 Å². The Labute approximate surface area is 196 Å². The van der Waals surface area contributed by atoms with Gasteiger partial charge in [0.25, 0.3) is 0 Å². The molecule has 0 heterocycles. The first-order valence-electron chi connectivity index (χ1n) is 7.07. The standard InChI is InChI=1S/C7H13N.C4H9.C3H8N.6ClH.2H2O.2Pt/c1-6-4-2-3-5-7(6)8;1-4(2)3;1-3(2)4;;;;;;;;;;/h6-8H,1-5H2;4H,1H2,2-3H3;3-4H,1-2H3;6*1H;2*1H2;;/q-2;2*-1;;;;;;;;;+4;+6/p-6/t6-,7-;;;;;;;;;;;;/m1............/s1. The fourth-order valence-corrected chi connectivity index (χ4v) is 1.21. The zero-order chi connectivity index (χ0) is 20.3. The average molecular weight is 865 g/mol. The van der Waals surface area contributed by atoms with Gasteiger partial charge in [-0.2, -0.15) is 17.9 Å². The Morgan fingerprint density at radius 1 is 0.962 bits per heavy atom. The second-order valence-corrected chi connectivity index (χ2v) is 28.5. The molecule has 1 rings (SSSR count). The fraction of sp³-hybridized carbons (Fsp3) is 0.857. The van der Waals surface area contributed by atoms with Gasteiger partial charge in [0.1, 0.15) is 0 Å². The van der Waals surface area contributed by atoms with Crippen LogP contribution in [-0.4, -0.2) is 23.0 Å². The van der Waals surface area contributed by atoms with Crippen LogP contribution >= 0.6 is 56.5 Å². The van der Waals surface area contributed by atoms with Gasteiger partial charge in [-0.3, -0.25) is 0 Å². The first kappa shape index (κ1) is 42.9. The van der Waals surface area contributed by atoms with Crippen LogP contribution in [0.4, 0.5) is 0 Å². The quantitative estimate of drug-likeness (QED) is 0.221. The zero-order valence-corrected chi connectivity index (χ0v) is 24.5. The summed E-state index contributed by atoms with van der Waals surface area (Å²) in [5.41, 5.74) is 14.0. The van der Waals surface area contributed by atoms with Crippen LogP contribution in [0.1, 0.15) is 53.4 Å². The number of hydrogen-bond acceptors (Lipinski definition) is 0. The predicted octanol–water partition coefficient (Wildman–Crippen LogP) is 7.84. The van der Waals surface area contributed by atoms with E-state index in [1.165, 1.54) is 19.3 Å². The predicted molar refractivity (Wildman–Crippen MR) is 117 cm³/mol. The second kappa shape index (κ2) is 30.2. The van der Waals surface area contributed by atoms with E-state index in [-0.39, 0.29) is 23.0 Å². The molecule has 1 aliphatic rings. The molecule has 1 aliphatic carbocycles. The molecule has 0 aromatic rings. The van der Waals surface area contributed by atoms with Gasteiger partial charge in [0.2, 0.25) is 0 Å². The molecule has 12 heteroatoms. The average Bonchev–Trinajstić information content (AvgIpc) is 2.30. The summed E-state index contributed by atoms with van der Waals surface area (Å²) in [7, 11) is 29.8. The third-order valence-corrected chi connectivity index (χ3v) is 1.91. The van der Waals surface area contributed by atoms with Crippen molar-refractivity contribution in [1.82, 2.24) is 0 Å². The van der Waals surface area contributed by atoms with Crippen molar-refractivity contribution in [2.45, 2.75) is 65.5 Å².